The summed E-state index contributed by atoms with van der Waals surface area (Å²) < 4.78 is 13.3. The van der Waals surface area contributed by atoms with Gasteiger partial charge in [0.1, 0.15) is 12.1 Å². The van der Waals surface area contributed by atoms with E-state index in [1.807, 2.05) is 6.07 Å². The maximum absolute atomic E-state index is 13.3. The van der Waals surface area contributed by atoms with E-state index in [-0.39, 0.29) is 16.8 Å². The Kier molecular flexibility index (Phi) is 3.59. The predicted octanol–water partition coefficient (Wildman–Crippen LogP) is 3.95. The van der Waals surface area contributed by atoms with Gasteiger partial charge in [0.15, 0.2) is 0 Å². The van der Waals surface area contributed by atoms with Crippen LogP contribution in [0.4, 0.5) is 4.39 Å². The molecule has 3 heteroatoms. The van der Waals surface area contributed by atoms with E-state index in [1.165, 1.54) is 6.07 Å². The summed E-state index contributed by atoms with van der Waals surface area (Å²) in [6, 6.07) is 5.02. The fourth-order valence-corrected chi connectivity index (χ4v) is 2.47. The largest absolute Gasteiger partial charge is 0.303 e. The lowest BCUT2D eigenvalue weighted by Gasteiger charge is -2.25. The number of carbonyl (C=O) groups excluding carboxylic acids is 1. The van der Waals surface area contributed by atoms with Crippen molar-refractivity contribution in [1.82, 2.24) is 0 Å². The molecule has 1 saturated carbocycles. The molecule has 1 fully saturated rings. The quantitative estimate of drug-likeness (QED) is 0.716. The van der Waals surface area contributed by atoms with Crippen molar-refractivity contribution < 1.29 is 9.18 Å². The van der Waals surface area contributed by atoms with Crippen LogP contribution < -0.4 is 0 Å². The van der Waals surface area contributed by atoms with E-state index in [9.17, 15) is 9.18 Å². The molecule has 0 bridgehead atoms. The Morgan fingerprint density at radius 2 is 1.94 bits per heavy atom. The molecule has 1 aromatic rings. The van der Waals surface area contributed by atoms with Crippen LogP contribution in [0.1, 0.15) is 37.2 Å². The van der Waals surface area contributed by atoms with Crippen LogP contribution in [0.15, 0.2) is 18.2 Å². The van der Waals surface area contributed by atoms with E-state index in [0.29, 0.717) is 5.92 Å². The molecule has 0 aromatic heterocycles. The molecule has 1 aliphatic carbocycles. The van der Waals surface area contributed by atoms with E-state index < -0.39 is 0 Å². The summed E-state index contributed by atoms with van der Waals surface area (Å²) in [6.45, 7) is 0. The van der Waals surface area contributed by atoms with Crippen LogP contribution in [-0.4, -0.2) is 6.29 Å². The molecule has 0 aliphatic heterocycles. The first-order valence-electron chi connectivity index (χ1n) is 5.61. The second kappa shape index (κ2) is 4.96. The van der Waals surface area contributed by atoms with Gasteiger partial charge in [0.05, 0.1) is 5.02 Å². The van der Waals surface area contributed by atoms with Crippen molar-refractivity contribution in [3.05, 3.63) is 34.6 Å². The molecule has 1 aromatic carbocycles. The number of hydrogen-bond acceptors (Lipinski definition) is 1. The monoisotopic (exact) mass is 240 g/mol. The predicted molar refractivity (Wildman–Crippen MR) is 62.2 cm³/mol. The minimum Gasteiger partial charge on any atom is -0.303 e. The van der Waals surface area contributed by atoms with Crippen LogP contribution in [-0.2, 0) is 4.79 Å². The maximum Gasteiger partial charge on any atom is 0.142 e. The van der Waals surface area contributed by atoms with E-state index >= 15 is 0 Å². The Labute approximate surface area is 99.6 Å². The number of carbonyl (C=O) groups is 1. The van der Waals surface area contributed by atoms with Gasteiger partial charge in [-0.1, -0.05) is 17.7 Å². The van der Waals surface area contributed by atoms with Crippen molar-refractivity contribution in [3.8, 4) is 0 Å². The van der Waals surface area contributed by atoms with Gasteiger partial charge in [-0.3, -0.25) is 0 Å². The Morgan fingerprint density at radius 1 is 1.25 bits per heavy atom. The van der Waals surface area contributed by atoms with Gasteiger partial charge in [0.25, 0.3) is 0 Å². The van der Waals surface area contributed by atoms with Crippen LogP contribution in [0.25, 0.3) is 0 Å². The maximum atomic E-state index is 13.3. The summed E-state index contributed by atoms with van der Waals surface area (Å²) in [5.74, 6) is 0.230. The van der Waals surface area contributed by atoms with E-state index in [4.69, 9.17) is 11.6 Å². The second-order valence-electron chi connectivity index (χ2n) is 4.42. The van der Waals surface area contributed by atoms with Crippen molar-refractivity contribution in [1.29, 1.82) is 0 Å². The van der Waals surface area contributed by atoms with E-state index in [0.717, 1.165) is 37.5 Å². The fraction of sp³-hybridized carbons (Fsp3) is 0.462. The van der Waals surface area contributed by atoms with Crippen LogP contribution in [0, 0.1) is 11.7 Å². The molecule has 1 nitrogen and oxygen atoms in total. The number of halogens is 2. The van der Waals surface area contributed by atoms with Crippen molar-refractivity contribution in [2.45, 2.75) is 31.6 Å². The van der Waals surface area contributed by atoms with Gasteiger partial charge in [0, 0.05) is 5.92 Å². The fourth-order valence-electron chi connectivity index (χ4n) is 2.35. The average molecular weight is 241 g/mol. The lowest BCUT2D eigenvalue weighted by molar-refractivity contribution is -0.111. The third kappa shape index (κ3) is 2.43. The normalized spacial score (nSPS) is 25.4. The van der Waals surface area contributed by atoms with Gasteiger partial charge in [-0.15, -0.1) is 0 Å². The first-order valence-corrected chi connectivity index (χ1v) is 5.98. The van der Waals surface area contributed by atoms with Crippen LogP contribution in [0.3, 0.4) is 0 Å². The summed E-state index contributed by atoms with van der Waals surface area (Å²) >= 11 is 5.64. The van der Waals surface area contributed by atoms with Crippen LogP contribution in [0.2, 0.25) is 5.02 Å². The van der Waals surface area contributed by atoms with Gasteiger partial charge in [-0.2, -0.15) is 0 Å². The Hall–Kier alpha value is -0.890. The molecule has 0 unspecified atom stereocenters. The van der Waals surface area contributed by atoms with E-state index in [1.54, 1.807) is 6.07 Å². The first-order chi connectivity index (χ1) is 7.70. The summed E-state index contributed by atoms with van der Waals surface area (Å²) in [4.78, 5) is 10.6. The third-order valence-corrected chi connectivity index (χ3v) is 3.69. The van der Waals surface area contributed by atoms with Gasteiger partial charge in [-0.25, -0.2) is 4.39 Å². The van der Waals surface area contributed by atoms with Gasteiger partial charge < -0.3 is 4.79 Å². The Bertz CT molecular complexity index is 384. The molecule has 0 heterocycles. The molecule has 0 N–H and O–H groups in total. The zero-order valence-electron chi connectivity index (χ0n) is 8.96. The molecule has 1 aliphatic rings. The van der Waals surface area contributed by atoms with Gasteiger partial charge in [-0.05, 0) is 49.3 Å². The van der Waals surface area contributed by atoms with Gasteiger partial charge >= 0.3 is 0 Å². The minimum absolute atomic E-state index is 0.172. The number of benzene rings is 1. The lowest BCUT2D eigenvalue weighted by atomic mass is 9.79. The molecule has 0 atom stereocenters. The molecule has 0 amide bonds. The molecule has 86 valence electrons. The third-order valence-electron chi connectivity index (χ3n) is 3.38. The highest BCUT2D eigenvalue weighted by atomic mass is 35.5. The molecule has 0 spiro atoms. The SMILES string of the molecule is O=C[C@H]1CC[C@H](c2ccc(Cl)c(F)c2)CC1. The number of hydrogen-bond donors (Lipinski definition) is 0. The highest BCUT2D eigenvalue weighted by Crippen LogP contribution is 2.35. The summed E-state index contributed by atoms with van der Waals surface area (Å²) in [7, 11) is 0. The first kappa shape index (κ1) is 11.6. The number of aldehydes is 1. The molecule has 2 rings (SSSR count). The van der Waals surface area contributed by atoms with E-state index in [2.05, 4.69) is 0 Å². The number of rotatable bonds is 2. The average Bonchev–Trinajstić information content (AvgIpc) is 2.33. The van der Waals surface area contributed by atoms with Gasteiger partial charge in [0.2, 0.25) is 0 Å². The summed E-state index contributed by atoms with van der Waals surface area (Å²) in [5, 5.41) is 0.172. The van der Waals surface area contributed by atoms with Crippen LogP contribution in [0.5, 0.6) is 0 Å². The second-order valence-corrected chi connectivity index (χ2v) is 4.83. The zero-order valence-corrected chi connectivity index (χ0v) is 9.71. The van der Waals surface area contributed by atoms with Crippen molar-refractivity contribution in [2.24, 2.45) is 5.92 Å². The zero-order chi connectivity index (χ0) is 11.5. The van der Waals surface area contributed by atoms with Crippen LogP contribution >= 0.6 is 11.6 Å². The molecule has 0 radical (unpaired) electrons. The highest BCUT2D eigenvalue weighted by molar-refractivity contribution is 6.30. The summed E-state index contributed by atoms with van der Waals surface area (Å²) in [5.41, 5.74) is 1.01. The molecular formula is C13H14ClFO. The molecule has 0 saturated heterocycles. The van der Waals surface area contributed by atoms with Crippen molar-refractivity contribution in [3.63, 3.8) is 0 Å². The van der Waals surface area contributed by atoms with Crippen molar-refractivity contribution in [2.75, 3.05) is 0 Å². The van der Waals surface area contributed by atoms with Crippen molar-refractivity contribution >= 4 is 17.9 Å². The molecule has 16 heavy (non-hydrogen) atoms. The summed E-state index contributed by atoms with van der Waals surface area (Å²) in [6.07, 6.45) is 4.80. The topological polar surface area (TPSA) is 17.1 Å². The highest BCUT2D eigenvalue weighted by Gasteiger charge is 2.22. The smallest absolute Gasteiger partial charge is 0.142 e. The standard InChI is InChI=1S/C13H14ClFO/c14-12-6-5-11(7-13(12)15)10-3-1-9(8-16)2-4-10/h5-10H,1-4H2/t9-,10-. The minimum atomic E-state index is -0.350. The molecular weight excluding hydrogens is 227 g/mol. The Balaban J connectivity index is 2.08. The Morgan fingerprint density at radius 3 is 2.50 bits per heavy atom. The lowest BCUT2D eigenvalue weighted by Crippen LogP contribution is -2.14.